The van der Waals surface area contributed by atoms with E-state index < -0.39 is 0 Å². The lowest BCUT2D eigenvalue weighted by Crippen LogP contribution is -2.47. The number of ether oxygens (including phenoxy) is 1. The Bertz CT molecular complexity index is 943. The van der Waals surface area contributed by atoms with Crippen molar-refractivity contribution in [2.24, 2.45) is 0 Å². The van der Waals surface area contributed by atoms with Gasteiger partial charge in [0.15, 0.2) is 11.5 Å². The van der Waals surface area contributed by atoms with E-state index in [0.717, 1.165) is 11.2 Å². The van der Waals surface area contributed by atoms with E-state index >= 15 is 0 Å². The molecule has 2 unspecified atom stereocenters. The summed E-state index contributed by atoms with van der Waals surface area (Å²) in [5.41, 5.74) is 1.58. The number of carbonyl (C=O) groups is 1. The van der Waals surface area contributed by atoms with Crippen molar-refractivity contribution in [2.45, 2.75) is 19.1 Å². The Morgan fingerprint density at radius 2 is 2.07 bits per heavy atom. The molecule has 140 valence electrons. The summed E-state index contributed by atoms with van der Waals surface area (Å²) in [7, 11) is 0. The van der Waals surface area contributed by atoms with Gasteiger partial charge in [-0.1, -0.05) is 18.2 Å². The predicted molar refractivity (Wildman–Crippen MR) is 96.6 cm³/mol. The van der Waals surface area contributed by atoms with Crippen LogP contribution in [0.15, 0.2) is 48.7 Å². The van der Waals surface area contributed by atoms with Crippen molar-refractivity contribution < 1.29 is 13.9 Å². The van der Waals surface area contributed by atoms with E-state index in [1.165, 1.54) is 12.1 Å². The molecular weight excluding hydrogens is 349 g/mol. The molecule has 1 fully saturated rings. The predicted octanol–water partition coefficient (Wildman–Crippen LogP) is 2.71. The second kappa shape index (κ2) is 7.32. The maximum Gasteiger partial charge on any atom is 0.318 e. The van der Waals surface area contributed by atoms with Crippen LogP contribution >= 0.6 is 0 Å². The molecule has 0 radical (unpaired) electrons. The number of hydrogen-bond donors (Lipinski definition) is 1. The van der Waals surface area contributed by atoms with Gasteiger partial charge >= 0.3 is 6.03 Å². The Labute approximate surface area is 155 Å². The van der Waals surface area contributed by atoms with Crippen LogP contribution in [0.5, 0.6) is 0 Å². The number of benzene rings is 1. The summed E-state index contributed by atoms with van der Waals surface area (Å²) in [4.78, 5) is 14.4. The normalized spacial score (nSPS) is 18.4. The fourth-order valence-electron chi connectivity index (χ4n) is 3.21. The molecule has 8 heteroatoms. The highest BCUT2D eigenvalue weighted by Crippen LogP contribution is 2.23. The first-order chi connectivity index (χ1) is 13.1. The van der Waals surface area contributed by atoms with E-state index in [1.807, 2.05) is 35.7 Å². The van der Waals surface area contributed by atoms with Gasteiger partial charge in [0.25, 0.3) is 0 Å². The Balaban J connectivity index is 1.43. The smallest absolute Gasteiger partial charge is 0.318 e. The molecule has 2 atom stereocenters. The van der Waals surface area contributed by atoms with Crippen molar-refractivity contribution in [1.82, 2.24) is 24.8 Å². The molecule has 0 bridgehead atoms. The van der Waals surface area contributed by atoms with Gasteiger partial charge in [0.1, 0.15) is 11.9 Å². The summed E-state index contributed by atoms with van der Waals surface area (Å²) in [6.07, 6.45) is 1.60. The SMILES string of the molecule is CC(NC(=O)N1CCOC(c2ccc(F)cc2)C1)c1nnc2ccccn12. The van der Waals surface area contributed by atoms with E-state index in [-0.39, 0.29) is 24.0 Å². The van der Waals surface area contributed by atoms with Crippen molar-refractivity contribution >= 4 is 11.7 Å². The summed E-state index contributed by atoms with van der Waals surface area (Å²) in [6.45, 7) is 3.21. The molecule has 1 aromatic carbocycles. The number of halogens is 1. The van der Waals surface area contributed by atoms with Crippen molar-refractivity contribution in [2.75, 3.05) is 19.7 Å². The molecule has 1 aliphatic rings. The first-order valence-electron chi connectivity index (χ1n) is 8.84. The van der Waals surface area contributed by atoms with Crippen LogP contribution in [-0.4, -0.2) is 45.2 Å². The zero-order valence-electron chi connectivity index (χ0n) is 14.9. The van der Waals surface area contributed by atoms with Crippen LogP contribution in [-0.2, 0) is 4.74 Å². The van der Waals surface area contributed by atoms with Crippen LogP contribution in [0.2, 0.25) is 0 Å². The number of rotatable bonds is 3. The second-order valence-corrected chi connectivity index (χ2v) is 6.52. The van der Waals surface area contributed by atoms with E-state index in [9.17, 15) is 9.18 Å². The van der Waals surface area contributed by atoms with Crippen LogP contribution in [0.4, 0.5) is 9.18 Å². The molecule has 1 saturated heterocycles. The van der Waals surface area contributed by atoms with Crippen molar-refractivity contribution in [3.05, 3.63) is 65.9 Å². The van der Waals surface area contributed by atoms with Gasteiger partial charge in [0.2, 0.25) is 0 Å². The van der Waals surface area contributed by atoms with E-state index in [4.69, 9.17) is 4.74 Å². The zero-order chi connectivity index (χ0) is 18.8. The highest BCUT2D eigenvalue weighted by molar-refractivity contribution is 5.74. The summed E-state index contributed by atoms with van der Waals surface area (Å²) < 4.78 is 20.7. The number of pyridine rings is 1. The Kier molecular flexibility index (Phi) is 4.72. The largest absolute Gasteiger partial charge is 0.370 e. The lowest BCUT2D eigenvalue weighted by Gasteiger charge is -2.33. The van der Waals surface area contributed by atoms with E-state index in [2.05, 4.69) is 15.5 Å². The Morgan fingerprint density at radius 3 is 2.89 bits per heavy atom. The average molecular weight is 369 g/mol. The molecule has 4 rings (SSSR count). The molecule has 1 N–H and O–H groups in total. The van der Waals surface area contributed by atoms with Gasteiger partial charge in [-0.15, -0.1) is 10.2 Å². The highest BCUT2D eigenvalue weighted by Gasteiger charge is 2.27. The quantitative estimate of drug-likeness (QED) is 0.771. The van der Waals surface area contributed by atoms with E-state index in [0.29, 0.717) is 25.5 Å². The summed E-state index contributed by atoms with van der Waals surface area (Å²) in [5, 5.41) is 11.3. The van der Waals surface area contributed by atoms with Crippen LogP contribution in [0.3, 0.4) is 0 Å². The molecule has 3 aromatic rings. The molecule has 2 amide bonds. The number of urea groups is 1. The third kappa shape index (κ3) is 3.61. The number of hydrogen-bond acceptors (Lipinski definition) is 4. The minimum absolute atomic E-state index is 0.189. The summed E-state index contributed by atoms with van der Waals surface area (Å²) in [5.74, 6) is 0.376. The monoisotopic (exact) mass is 369 g/mol. The number of amides is 2. The van der Waals surface area contributed by atoms with Crippen LogP contribution in [0.1, 0.15) is 30.5 Å². The topological polar surface area (TPSA) is 71.8 Å². The highest BCUT2D eigenvalue weighted by atomic mass is 19.1. The van der Waals surface area contributed by atoms with E-state index in [1.54, 1.807) is 17.0 Å². The van der Waals surface area contributed by atoms with Gasteiger partial charge < -0.3 is 15.0 Å². The minimum Gasteiger partial charge on any atom is -0.370 e. The van der Waals surface area contributed by atoms with Gasteiger partial charge in [-0.3, -0.25) is 4.40 Å². The Hall–Kier alpha value is -3.00. The number of nitrogens with one attached hydrogen (secondary N) is 1. The van der Waals surface area contributed by atoms with Crippen LogP contribution < -0.4 is 5.32 Å². The summed E-state index contributed by atoms with van der Waals surface area (Å²) in [6, 6.07) is 11.3. The van der Waals surface area contributed by atoms with Gasteiger partial charge in [0, 0.05) is 12.7 Å². The average Bonchev–Trinajstić information content (AvgIpc) is 3.13. The second-order valence-electron chi connectivity index (χ2n) is 6.52. The maximum absolute atomic E-state index is 13.1. The number of carbonyl (C=O) groups excluding carboxylic acids is 1. The third-order valence-corrected chi connectivity index (χ3v) is 4.66. The molecule has 27 heavy (non-hydrogen) atoms. The van der Waals surface area contributed by atoms with Gasteiger partial charge in [0.05, 0.1) is 19.2 Å². The first kappa shape index (κ1) is 17.4. The molecule has 1 aliphatic heterocycles. The molecule has 3 heterocycles. The van der Waals surface area contributed by atoms with Crippen molar-refractivity contribution in [3.8, 4) is 0 Å². The minimum atomic E-state index is -0.304. The van der Waals surface area contributed by atoms with Gasteiger partial charge in [-0.2, -0.15) is 0 Å². The maximum atomic E-state index is 13.1. The standard InChI is InChI=1S/C19H20FN5O2/c1-13(18-23-22-17-4-2-3-9-25(17)18)21-19(26)24-10-11-27-16(12-24)14-5-7-15(20)8-6-14/h2-9,13,16H,10-12H2,1H3,(H,21,26). The van der Waals surface area contributed by atoms with Crippen molar-refractivity contribution in [1.29, 1.82) is 0 Å². The summed E-state index contributed by atoms with van der Waals surface area (Å²) >= 11 is 0. The fourth-order valence-corrected chi connectivity index (χ4v) is 3.21. The first-order valence-corrected chi connectivity index (χ1v) is 8.84. The molecule has 7 nitrogen and oxygen atoms in total. The number of fused-ring (bicyclic) bond motifs is 1. The van der Waals surface area contributed by atoms with Crippen LogP contribution in [0.25, 0.3) is 5.65 Å². The number of morpholine rings is 1. The lowest BCUT2D eigenvalue weighted by atomic mass is 10.1. The number of nitrogens with zero attached hydrogens (tertiary/aromatic N) is 4. The zero-order valence-corrected chi connectivity index (χ0v) is 14.9. The molecule has 0 aliphatic carbocycles. The fraction of sp³-hybridized carbons (Fsp3) is 0.316. The van der Waals surface area contributed by atoms with Crippen LogP contribution in [0, 0.1) is 5.82 Å². The van der Waals surface area contributed by atoms with Gasteiger partial charge in [-0.25, -0.2) is 9.18 Å². The molecular formula is C19H20FN5O2. The molecule has 0 spiro atoms. The molecule has 2 aromatic heterocycles. The lowest BCUT2D eigenvalue weighted by molar-refractivity contribution is -0.0158. The molecule has 0 saturated carbocycles. The van der Waals surface area contributed by atoms with Crippen molar-refractivity contribution in [3.63, 3.8) is 0 Å². The number of aromatic nitrogens is 3. The Morgan fingerprint density at radius 1 is 1.26 bits per heavy atom. The third-order valence-electron chi connectivity index (χ3n) is 4.66. The van der Waals surface area contributed by atoms with Gasteiger partial charge in [-0.05, 0) is 36.8 Å².